The zero-order valence-electron chi connectivity index (χ0n) is 11.9. The molecule has 1 N–H and O–H groups in total. The molecule has 2 aromatic heterocycles. The fraction of sp³-hybridized carbons (Fsp3) is 0.615. The second kappa shape index (κ2) is 6.47. The van der Waals surface area contributed by atoms with Crippen LogP contribution in [0.5, 0.6) is 0 Å². The predicted molar refractivity (Wildman–Crippen MR) is 73.7 cm³/mol. The second-order valence-electron chi connectivity index (χ2n) is 4.92. The number of hydrogen-bond acceptors (Lipinski definition) is 4. The third kappa shape index (κ3) is 3.89. The number of aromatic nitrogens is 5. The highest BCUT2D eigenvalue weighted by atomic mass is 15.4. The van der Waals surface area contributed by atoms with Gasteiger partial charge in [0.05, 0.1) is 18.8 Å². The minimum absolute atomic E-state index is 0.387. The number of rotatable bonds is 7. The Morgan fingerprint density at radius 2 is 2.16 bits per heavy atom. The van der Waals surface area contributed by atoms with Crippen molar-refractivity contribution >= 4 is 0 Å². The van der Waals surface area contributed by atoms with E-state index in [-0.39, 0.29) is 0 Å². The normalized spacial score (nSPS) is 11.4. The van der Waals surface area contributed by atoms with Crippen LogP contribution in [0.1, 0.15) is 44.8 Å². The van der Waals surface area contributed by atoms with Gasteiger partial charge in [0.1, 0.15) is 6.33 Å². The van der Waals surface area contributed by atoms with E-state index in [2.05, 4.69) is 41.3 Å². The van der Waals surface area contributed by atoms with Crippen molar-refractivity contribution in [2.24, 2.45) is 0 Å². The Morgan fingerprint density at radius 1 is 1.32 bits per heavy atom. The van der Waals surface area contributed by atoms with Gasteiger partial charge in [0.15, 0.2) is 5.82 Å². The van der Waals surface area contributed by atoms with Crippen LogP contribution in [0.2, 0.25) is 0 Å². The maximum absolute atomic E-state index is 4.50. The fourth-order valence-electron chi connectivity index (χ4n) is 1.78. The number of nitrogens with one attached hydrogen (secondary N) is 1. The Bertz CT molecular complexity index is 499. The van der Waals surface area contributed by atoms with Crippen LogP contribution in [0.25, 0.3) is 0 Å². The molecule has 0 unspecified atom stereocenters. The molecule has 0 aliphatic heterocycles. The number of nitrogens with zero attached hydrogens (tertiary/aromatic N) is 5. The second-order valence-corrected chi connectivity index (χ2v) is 4.92. The van der Waals surface area contributed by atoms with E-state index in [1.165, 1.54) is 0 Å². The van der Waals surface area contributed by atoms with Gasteiger partial charge in [0.2, 0.25) is 0 Å². The molecular weight excluding hydrogens is 240 g/mol. The van der Waals surface area contributed by atoms with Crippen LogP contribution in [0.4, 0.5) is 0 Å². The van der Waals surface area contributed by atoms with E-state index in [4.69, 9.17) is 0 Å². The lowest BCUT2D eigenvalue weighted by Crippen LogP contribution is -2.15. The van der Waals surface area contributed by atoms with Crippen LogP contribution < -0.4 is 5.32 Å². The van der Waals surface area contributed by atoms with Crippen LogP contribution in [-0.4, -0.2) is 31.1 Å². The van der Waals surface area contributed by atoms with Gasteiger partial charge >= 0.3 is 0 Å². The maximum atomic E-state index is 4.50. The average Bonchev–Trinajstić information content (AvgIpc) is 3.00. The molecule has 0 saturated heterocycles. The topological polar surface area (TPSA) is 60.6 Å². The van der Waals surface area contributed by atoms with Gasteiger partial charge in [-0.15, -0.1) is 0 Å². The summed E-state index contributed by atoms with van der Waals surface area (Å²) >= 11 is 0. The molecule has 104 valence electrons. The minimum atomic E-state index is 0.387. The van der Waals surface area contributed by atoms with E-state index in [9.17, 15) is 0 Å². The largest absolute Gasteiger partial charge is 0.310 e. The average molecular weight is 262 g/mol. The molecule has 6 nitrogen and oxygen atoms in total. The minimum Gasteiger partial charge on any atom is -0.310 e. The zero-order chi connectivity index (χ0) is 13.7. The van der Waals surface area contributed by atoms with Crippen molar-refractivity contribution in [2.75, 3.05) is 6.54 Å². The smallest absolute Gasteiger partial charge is 0.164 e. The van der Waals surface area contributed by atoms with E-state index in [1.54, 1.807) is 6.33 Å². The molecule has 0 radical (unpaired) electrons. The highest BCUT2D eigenvalue weighted by Crippen LogP contribution is 2.05. The van der Waals surface area contributed by atoms with E-state index >= 15 is 0 Å². The first-order chi connectivity index (χ1) is 9.19. The first-order valence-electron chi connectivity index (χ1n) is 6.82. The van der Waals surface area contributed by atoms with E-state index in [0.29, 0.717) is 12.6 Å². The molecule has 2 rings (SSSR count). The molecule has 2 aromatic rings. The van der Waals surface area contributed by atoms with Crippen LogP contribution in [0.3, 0.4) is 0 Å². The molecule has 0 aliphatic rings. The van der Waals surface area contributed by atoms with Crippen molar-refractivity contribution in [1.29, 1.82) is 0 Å². The molecule has 0 fully saturated rings. The molecule has 0 bridgehead atoms. The fourth-order valence-corrected chi connectivity index (χ4v) is 1.78. The molecule has 0 atom stereocenters. The Labute approximate surface area is 113 Å². The Hall–Kier alpha value is -1.69. The van der Waals surface area contributed by atoms with Gasteiger partial charge in [-0.05, 0) is 32.9 Å². The Balaban J connectivity index is 1.91. The summed E-state index contributed by atoms with van der Waals surface area (Å²) in [4.78, 5) is 4.28. The molecule has 0 spiro atoms. The predicted octanol–water partition coefficient (Wildman–Crippen LogP) is 1.60. The van der Waals surface area contributed by atoms with Crippen LogP contribution >= 0.6 is 0 Å². The lowest BCUT2D eigenvalue weighted by molar-refractivity contribution is 0.520. The Morgan fingerprint density at radius 3 is 2.84 bits per heavy atom. The van der Waals surface area contributed by atoms with Crippen LogP contribution in [0.15, 0.2) is 18.6 Å². The summed E-state index contributed by atoms with van der Waals surface area (Å²) in [5, 5.41) is 12.2. The first-order valence-corrected chi connectivity index (χ1v) is 6.82. The molecule has 2 heterocycles. The molecule has 0 aliphatic carbocycles. The van der Waals surface area contributed by atoms with Crippen molar-refractivity contribution in [2.45, 2.75) is 46.3 Å². The van der Waals surface area contributed by atoms with E-state index in [1.807, 2.05) is 21.6 Å². The molecule has 6 heteroatoms. The molecular formula is C13H22N6. The lowest BCUT2D eigenvalue weighted by Gasteiger charge is -2.03. The van der Waals surface area contributed by atoms with Crippen LogP contribution in [-0.2, 0) is 13.1 Å². The summed E-state index contributed by atoms with van der Waals surface area (Å²) in [7, 11) is 0. The quantitative estimate of drug-likeness (QED) is 0.770. The number of hydrogen-bond donors (Lipinski definition) is 1. The molecule has 0 amide bonds. The summed E-state index contributed by atoms with van der Waals surface area (Å²) in [6.45, 7) is 8.76. The first kappa shape index (κ1) is 13.7. The van der Waals surface area contributed by atoms with Crippen molar-refractivity contribution in [3.8, 4) is 0 Å². The molecule has 0 aromatic carbocycles. The maximum Gasteiger partial charge on any atom is 0.164 e. The summed E-state index contributed by atoms with van der Waals surface area (Å²) in [6, 6.07) is 2.41. The summed E-state index contributed by atoms with van der Waals surface area (Å²) in [5.41, 5.74) is 1.01. The highest BCUT2D eigenvalue weighted by molar-refractivity contribution is 5.00. The summed E-state index contributed by atoms with van der Waals surface area (Å²) in [6.07, 6.45) is 4.88. The van der Waals surface area contributed by atoms with Crippen molar-refractivity contribution in [1.82, 2.24) is 29.9 Å². The highest BCUT2D eigenvalue weighted by Gasteiger charge is 2.05. The van der Waals surface area contributed by atoms with Gasteiger partial charge < -0.3 is 5.32 Å². The van der Waals surface area contributed by atoms with Crippen LogP contribution in [0, 0.1) is 0 Å². The lowest BCUT2D eigenvalue weighted by atomic mass is 10.4. The van der Waals surface area contributed by atoms with Gasteiger partial charge in [-0.3, -0.25) is 4.68 Å². The van der Waals surface area contributed by atoms with Crippen molar-refractivity contribution in [3.63, 3.8) is 0 Å². The third-order valence-electron chi connectivity index (χ3n) is 2.81. The molecule has 19 heavy (non-hydrogen) atoms. The summed E-state index contributed by atoms with van der Waals surface area (Å²) in [5.74, 6) is 0.830. The monoisotopic (exact) mass is 262 g/mol. The van der Waals surface area contributed by atoms with E-state index in [0.717, 1.165) is 31.0 Å². The van der Waals surface area contributed by atoms with Gasteiger partial charge in [0.25, 0.3) is 0 Å². The summed E-state index contributed by atoms with van der Waals surface area (Å²) < 4.78 is 3.78. The van der Waals surface area contributed by atoms with Gasteiger partial charge in [0, 0.05) is 12.2 Å². The van der Waals surface area contributed by atoms with Crippen molar-refractivity contribution < 1.29 is 0 Å². The van der Waals surface area contributed by atoms with Gasteiger partial charge in [-0.1, -0.05) is 6.92 Å². The standard InChI is InChI=1S/C13H22N6/c1-4-6-14-8-13-15-10-18(17-13)9-12-5-7-19(16-12)11(2)3/h5,7,10-11,14H,4,6,8-9H2,1-3H3. The van der Waals surface area contributed by atoms with Gasteiger partial charge in [-0.25, -0.2) is 9.67 Å². The Kier molecular flexibility index (Phi) is 4.68. The zero-order valence-corrected chi connectivity index (χ0v) is 11.9. The van der Waals surface area contributed by atoms with Gasteiger partial charge in [-0.2, -0.15) is 10.2 Å². The third-order valence-corrected chi connectivity index (χ3v) is 2.81. The van der Waals surface area contributed by atoms with E-state index < -0.39 is 0 Å². The SMILES string of the molecule is CCCNCc1ncn(Cc2ccn(C(C)C)n2)n1. The van der Waals surface area contributed by atoms with Crippen molar-refractivity contribution in [3.05, 3.63) is 30.1 Å². The molecule has 0 saturated carbocycles.